The van der Waals surface area contributed by atoms with E-state index in [2.05, 4.69) is 44.7 Å². The van der Waals surface area contributed by atoms with Crippen LogP contribution in [0.5, 0.6) is 5.75 Å². The van der Waals surface area contributed by atoms with Gasteiger partial charge in [0.2, 0.25) is 0 Å². The standard InChI is InChI=1S/C21H32O/c1-4-7-17-9-11-18(12-10-17)19-13-14-21(22-15-6-3)20(16-19)8-5-2/h4,13-14,16-18H,1,5-12,15H2,2-3H3/t17-,18-. The number of hydrogen-bond donors (Lipinski definition) is 0. The molecule has 1 aromatic carbocycles. The second kappa shape index (κ2) is 9.02. The average Bonchev–Trinajstić information content (AvgIpc) is 2.55. The van der Waals surface area contributed by atoms with E-state index < -0.39 is 0 Å². The maximum absolute atomic E-state index is 5.92. The second-order valence-electron chi connectivity index (χ2n) is 6.71. The van der Waals surface area contributed by atoms with Gasteiger partial charge in [0.15, 0.2) is 0 Å². The van der Waals surface area contributed by atoms with Gasteiger partial charge < -0.3 is 4.74 Å². The van der Waals surface area contributed by atoms with E-state index in [1.807, 2.05) is 0 Å². The zero-order valence-electron chi connectivity index (χ0n) is 14.4. The number of ether oxygens (including phenoxy) is 1. The van der Waals surface area contributed by atoms with Crippen molar-refractivity contribution in [2.75, 3.05) is 6.61 Å². The van der Waals surface area contributed by atoms with Crippen LogP contribution in [0.1, 0.15) is 75.8 Å². The molecule has 0 heterocycles. The number of hydrogen-bond acceptors (Lipinski definition) is 1. The highest BCUT2D eigenvalue weighted by molar-refractivity contribution is 5.39. The fraction of sp³-hybridized carbons (Fsp3) is 0.619. The zero-order valence-corrected chi connectivity index (χ0v) is 14.4. The molecule has 0 spiro atoms. The molecule has 1 aromatic rings. The Balaban J connectivity index is 2.05. The van der Waals surface area contributed by atoms with Crippen molar-refractivity contribution in [3.8, 4) is 5.75 Å². The number of aryl methyl sites for hydroxylation is 1. The van der Waals surface area contributed by atoms with Crippen LogP contribution in [0.3, 0.4) is 0 Å². The number of rotatable bonds is 8. The molecule has 0 unspecified atom stereocenters. The number of allylic oxidation sites excluding steroid dienone is 1. The van der Waals surface area contributed by atoms with Crippen molar-refractivity contribution < 1.29 is 4.74 Å². The topological polar surface area (TPSA) is 9.23 Å². The molecule has 0 radical (unpaired) electrons. The molecule has 0 atom stereocenters. The molecule has 1 saturated carbocycles. The summed E-state index contributed by atoms with van der Waals surface area (Å²) in [4.78, 5) is 0. The van der Waals surface area contributed by atoms with E-state index in [1.54, 1.807) is 0 Å². The Bertz CT molecular complexity index is 455. The molecular formula is C21H32O. The normalized spacial score (nSPS) is 21.5. The van der Waals surface area contributed by atoms with Crippen molar-refractivity contribution in [1.82, 2.24) is 0 Å². The third kappa shape index (κ3) is 4.63. The van der Waals surface area contributed by atoms with Crippen molar-refractivity contribution in [3.05, 3.63) is 42.0 Å². The van der Waals surface area contributed by atoms with E-state index >= 15 is 0 Å². The average molecular weight is 300 g/mol. The Morgan fingerprint density at radius 1 is 1.14 bits per heavy atom. The lowest BCUT2D eigenvalue weighted by Crippen LogP contribution is -2.13. The summed E-state index contributed by atoms with van der Waals surface area (Å²) in [5.41, 5.74) is 2.94. The van der Waals surface area contributed by atoms with E-state index in [9.17, 15) is 0 Å². The molecule has 0 saturated heterocycles. The summed E-state index contributed by atoms with van der Waals surface area (Å²) in [7, 11) is 0. The van der Waals surface area contributed by atoms with Crippen molar-refractivity contribution in [3.63, 3.8) is 0 Å². The zero-order chi connectivity index (χ0) is 15.8. The summed E-state index contributed by atoms with van der Waals surface area (Å²) in [5.74, 6) is 2.72. The summed E-state index contributed by atoms with van der Waals surface area (Å²) < 4.78 is 5.92. The first-order valence-corrected chi connectivity index (χ1v) is 9.15. The van der Waals surface area contributed by atoms with Crippen molar-refractivity contribution in [2.24, 2.45) is 5.92 Å². The van der Waals surface area contributed by atoms with E-state index in [4.69, 9.17) is 4.74 Å². The Morgan fingerprint density at radius 2 is 1.91 bits per heavy atom. The second-order valence-corrected chi connectivity index (χ2v) is 6.71. The predicted molar refractivity (Wildman–Crippen MR) is 95.7 cm³/mol. The predicted octanol–water partition coefficient (Wildman–Crippen LogP) is 6.28. The molecule has 0 aromatic heterocycles. The smallest absolute Gasteiger partial charge is 0.122 e. The maximum atomic E-state index is 5.92. The molecule has 1 heteroatoms. The highest BCUT2D eigenvalue weighted by atomic mass is 16.5. The van der Waals surface area contributed by atoms with Crippen LogP contribution in [0.25, 0.3) is 0 Å². The lowest BCUT2D eigenvalue weighted by Gasteiger charge is -2.28. The summed E-state index contributed by atoms with van der Waals surface area (Å²) in [6.45, 7) is 9.12. The first kappa shape index (κ1) is 17.1. The minimum absolute atomic E-state index is 0.747. The maximum Gasteiger partial charge on any atom is 0.122 e. The first-order valence-electron chi connectivity index (χ1n) is 9.15. The molecular weight excluding hydrogens is 268 g/mol. The lowest BCUT2D eigenvalue weighted by molar-refractivity contribution is 0.312. The molecule has 1 aliphatic rings. The van der Waals surface area contributed by atoms with Crippen LogP contribution in [0.4, 0.5) is 0 Å². The van der Waals surface area contributed by atoms with E-state index in [0.717, 1.165) is 37.0 Å². The Kier molecular flexibility index (Phi) is 7.02. The molecule has 0 aliphatic heterocycles. The summed E-state index contributed by atoms with van der Waals surface area (Å²) >= 11 is 0. The monoisotopic (exact) mass is 300 g/mol. The van der Waals surface area contributed by atoms with Crippen molar-refractivity contribution >= 4 is 0 Å². The van der Waals surface area contributed by atoms with Crippen LogP contribution < -0.4 is 4.74 Å². The minimum Gasteiger partial charge on any atom is -0.493 e. The molecule has 122 valence electrons. The van der Waals surface area contributed by atoms with Gasteiger partial charge >= 0.3 is 0 Å². The van der Waals surface area contributed by atoms with Crippen LogP contribution in [0.15, 0.2) is 30.9 Å². The molecule has 2 rings (SSSR count). The van der Waals surface area contributed by atoms with E-state index in [0.29, 0.717) is 0 Å². The Labute approximate surface area is 136 Å². The van der Waals surface area contributed by atoms with Gasteiger partial charge in [0.1, 0.15) is 5.75 Å². The third-order valence-corrected chi connectivity index (χ3v) is 4.88. The van der Waals surface area contributed by atoms with Gasteiger partial charge in [-0.15, -0.1) is 6.58 Å². The van der Waals surface area contributed by atoms with Crippen LogP contribution in [-0.2, 0) is 6.42 Å². The van der Waals surface area contributed by atoms with Crippen molar-refractivity contribution in [2.45, 2.75) is 71.1 Å². The van der Waals surface area contributed by atoms with Gasteiger partial charge in [-0.05, 0) is 74.0 Å². The van der Waals surface area contributed by atoms with Crippen LogP contribution in [-0.4, -0.2) is 6.61 Å². The van der Waals surface area contributed by atoms with Gasteiger partial charge in [0.25, 0.3) is 0 Å². The van der Waals surface area contributed by atoms with Crippen molar-refractivity contribution in [1.29, 1.82) is 0 Å². The SMILES string of the molecule is C=CC[C@H]1CC[C@H](c2ccc(OCCC)c(CCC)c2)CC1. The quantitative estimate of drug-likeness (QED) is 0.513. The highest BCUT2D eigenvalue weighted by Crippen LogP contribution is 2.38. The summed E-state index contributed by atoms with van der Waals surface area (Å²) in [5, 5.41) is 0. The summed E-state index contributed by atoms with van der Waals surface area (Å²) in [6, 6.07) is 6.95. The summed E-state index contributed by atoms with van der Waals surface area (Å²) in [6.07, 6.45) is 12.0. The third-order valence-electron chi connectivity index (χ3n) is 4.88. The van der Waals surface area contributed by atoms with E-state index in [-0.39, 0.29) is 0 Å². The largest absolute Gasteiger partial charge is 0.493 e. The van der Waals surface area contributed by atoms with Crippen LogP contribution >= 0.6 is 0 Å². The molecule has 0 bridgehead atoms. The highest BCUT2D eigenvalue weighted by Gasteiger charge is 2.22. The van der Waals surface area contributed by atoms with Crippen LogP contribution in [0.2, 0.25) is 0 Å². The minimum atomic E-state index is 0.747. The molecule has 1 fully saturated rings. The number of benzene rings is 1. The molecule has 1 aliphatic carbocycles. The van der Waals surface area contributed by atoms with Gasteiger partial charge in [0.05, 0.1) is 6.61 Å². The molecule has 1 nitrogen and oxygen atoms in total. The molecule has 22 heavy (non-hydrogen) atoms. The Hall–Kier alpha value is -1.24. The molecule has 0 N–H and O–H groups in total. The van der Waals surface area contributed by atoms with Gasteiger partial charge in [-0.2, -0.15) is 0 Å². The van der Waals surface area contributed by atoms with Gasteiger partial charge in [-0.3, -0.25) is 0 Å². The fourth-order valence-corrected chi connectivity index (χ4v) is 3.64. The first-order chi connectivity index (χ1) is 10.8. The van der Waals surface area contributed by atoms with E-state index in [1.165, 1.54) is 49.7 Å². The lowest BCUT2D eigenvalue weighted by atomic mass is 9.77. The van der Waals surface area contributed by atoms with Gasteiger partial charge in [0, 0.05) is 0 Å². The molecule has 0 amide bonds. The van der Waals surface area contributed by atoms with Gasteiger partial charge in [-0.1, -0.05) is 38.5 Å². The fourth-order valence-electron chi connectivity index (χ4n) is 3.64. The van der Waals surface area contributed by atoms with Gasteiger partial charge in [-0.25, -0.2) is 0 Å². The van der Waals surface area contributed by atoms with Crippen LogP contribution in [0, 0.1) is 5.92 Å². The Morgan fingerprint density at radius 3 is 2.55 bits per heavy atom.